The van der Waals surface area contributed by atoms with Crippen molar-refractivity contribution >= 4 is 34.8 Å². The molecule has 100 valence electrons. The molecule has 0 fully saturated rings. The quantitative estimate of drug-likeness (QED) is 0.784. The van der Waals surface area contributed by atoms with Crippen LogP contribution in [0.3, 0.4) is 0 Å². The van der Waals surface area contributed by atoms with Crippen molar-refractivity contribution in [3.63, 3.8) is 0 Å². The van der Waals surface area contributed by atoms with Gasteiger partial charge in [-0.2, -0.15) is 0 Å². The first kappa shape index (κ1) is 14.5. The Kier molecular flexibility index (Phi) is 4.58. The number of aryl methyl sites for hydroxylation is 1. The summed E-state index contributed by atoms with van der Waals surface area (Å²) in [6, 6.07) is 8.58. The molecule has 0 bridgehead atoms. The Morgan fingerprint density at radius 1 is 0.947 bits per heavy atom. The number of benzene rings is 2. The van der Waals surface area contributed by atoms with E-state index in [9.17, 15) is 5.11 Å². The largest absolute Gasteiger partial charge is 0.455 e. The van der Waals surface area contributed by atoms with Gasteiger partial charge in [0.1, 0.15) is 11.5 Å². The van der Waals surface area contributed by atoms with Gasteiger partial charge < -0.3 is 9.84 Å². The van der Waals surface area contributed by atoms with Gasteiger partial charge in [0.2, 0.25) is 0 Å². The maximum Gasteiger partial charge on any atom is 0.147 e. The first-order valence-corrected chi connectivity index (χ1v) is 6.67. The van der Waals surface area contributed by atoms with Crippen LogP contribution in [0.4, 0.5) is 0 Å². The molecule has 5 heteroatoms. The van der Waals surface area contributed by atoms with Crippen molar-refractivity contribution < 1.29 is 9.84 Å². The number of hydrogen-bond acceptors (Lipinski definition) is 2. The Morgan fingerprint density at radius 3 is 2.32 bits per heavy atom. The molecular formula is C14H11Cl3O2. The van der Waals surface area contributed by atoms with Crippen LogP contribution in [-0.4, -0.2) is 5.11 Å². The molecule has 0 saturated heterocycles. The smallest absolute Gasteiger partial charge is 0.147 e. The first-order valence-electron chi connectivity index (χ1n) is 5.54. The Morgan fingerprint density at radius 2 is 1.63 bits per heavy atom. The van der Waals surface area contributed by atoms with E-state index in [2.05, 4.69) is 0 Å². The van der Waals surface area contributed by atoms with Crippen LogP contribution < -0.4 is 4.74 Å². The summed E-state index contributed by atoms with van der Waals surface area (Å²) in [6.07, 6.45) is 0. The summed E-state index contributed by atoms with van der Waals surface area (Å²) >= 11 is 17.8. The lowest BCUT2D eigenvalue weighted by molar-refractivity contribution is 0.276. The summed E-state index contributed by atoms with van der Waals surface area (Å²) in [5, 5.41) is 10.4. The maximum atomic E-state index is 9.33. The van der Waals surface area contributed by atoms with E-state index in [0.717, 1.165) is 5.56 Å². The van der Waals surface area contributed by atoms with E-state index in [4.69, 9.17) is 39.5 Å². The molecule has 0 amide bonds. The molecule has 2 nitrogen and oxygen atoms in total. The van der Waals surface area contributed by atoms with Gasteiger partial charge in [-0.1, -0.05) is 52.5 Å². The molecule has 0 atom stereocenters. The molecule has 0 aliphatic rings. The molecule has 0 aromatic heterocycles. The highest BCUT2D eigenvalue weighted by atomic mass is 35.5. The summed E-state index contributed by atoms with van der Waals surface area (Å²) in [5.74, 6) is 0.933. The Labute approximate surface area is 126 Å². The Balaban J connectivity index is 2.39. The second-order valence-electron chi connectivity index (χ2n) is 4.07. The first-order chi connectivity index (χ1) is 9.01. The molecule has 0 unspecified atom stereocenters. The molecule has 0 radical (unpaired) electrons. The summed E-state index contributed by atoms with van der Waals surface area (Å²) < 4.78 is 5.69. The number of aliphatic hydroxyl groups excluding tert-OH is 1. The zero-order valence-electron chi connectivity index (χ0n) is 10.1. The van der Waals surface area contributed by atoms with Gasteiger partial charge >= 0.3 is 0 Å². The van der Waals surface area contributed by atoms with Crippen LogP contribution in [0, 0.1) is 6.92 Å². The van der Waals surface area contributed by atoms with Crippen molar-refractivity contribution in [2.24, 2.45) is 0 Å². The average molecular weight is 318 g/mol. The predicted molar refractivity (Wildman–Crippen MR) is 78.6 cm³/mol. The summed E-state index contributed by atoms with van der Waals surface area (Å²) in [6.45, 7) is 1.82. The van der Waals surface area contributed by atoms with E-state index in [1.165, 1.54) is 6.07 Å². The van der Waals surface area contributed by atoms with Gasteiger partial charge in [0.25, 0.3) is 0 Å². The molecule has 2 aromatic rings. The normalized spacial score (nSPS) is 10.6. The van der Waals surface area contributed by atoms with Gasteiger partial charge in [-0.05, 0) is 19.1 Å². The highest BCUT2D eigenvalue weighted by Gasteiger charge is 2.10. The fourth-order valence-electron chi connectivity index (χ4n) is 1.63. The minimum Gasteiger partial charge on any atom is -0.455 e. The van der Waals surface area contributed by atoms with E-state index in [-0.39, 0.29) is 6.61 Å². The number of rotatable bonds is 3. The monoisotopic (exact) mass is 316 g/mol. The maximum absolute atomic E-state index is 9.33. The second-order valence-corrected chi connectivity index (χ2v) is 5.29. The number of aliphatic hydroxyl groups is 1. The second kappa shape index (κ2) is 6.02. The summed E-state index contributed by atoms with van der Waals surface area (Å²) in [5.41, 5.74) is 1.72. The van der Waals surface area contributed by atoms with E-state index in [0.29, 0.717) is 32.1 Å². The fraction of sp³-hybridized carbons (Fsp3) is 0.143. The Bertz CT molecular complexity index is 612. The van der Waals surface area contributed by atoms with Crippen LogP contribution in [0.15, 0.2) is 30.3 Å². The van der Waals surface area contributed by atoms with Crippen LogP contribution in [0.25, 0.3) is 0 Å². The lowest BCUT2D eigenvalue weighted by atomic mass is 10.1. The van der Waals surface area contributed by atoms with Crippen molar-refractivity contribution in [2.75, 3.05) is 0 Å². The van der Waals surface area contributed by atoms with E-state index >= 15 is 0 Å². The summed E-state index contributed by atoms with van der Waals surface area (Å²) in [4.78, 5) is 0. The van der Waals surface area contributed by atoms with Crippen LogP contribution in [0.5, 0.6) is 11.5 Å². The van der Waals surface area contributed by atoms with Crippen molar-refractivity contribution in [1.82, 2.24) is 0 Å². The zero-order valence-corrected chi connectivity index (χ0v) is 12.4. The van der Waals surface area contributed by atoms with Gasteiger partial charge in [-0.25, -0.2) is 0 Å². The van der Waals surface area contributed by atoms with Gasteiger partial charge in [0.15, 0.2) is 0 Å². The third-order valence-electron chi connectivity index (χ3n) is 2.58. The lowest BCUT2D eigenvalue weighted by Gasteiger charge is -2.12. The molecule has 2 rings (SSSR count). The van der Waals surface area contributed by atoms with Gasteiger partial charge in [0, 0.05) is 11.6 Å². The van der Waals surface area contributed by atoms with E-state index in [1.54, 1.807) is 12.1 Å². The average Bonchev–Trinajstić information content (AvgIpc) is 2.37. The SMILES string of the molecule is Cc1ccc(Oc2cc(Cl)c(Cl)cc2Cl)c(CO)c1. The molecule has 0 aliphatic heterocycles. The standard InChI is InChI=1S/C14H11Cl3O2/c1-8-2-3-13(9(4-8)7-18)19-14-6-11(16)10(15)5-12(14)17/h2-6,18H,7H2,1H3. The topological polar surface area (TPSA) is 29.5 Å². The highest BCUT2D eigenvalue weighted by molar-refractivity contribution is 6.43. The van der Waals surface area contributed by atoms with Crippen molar-refractivity contribution in [3.8, 4) is 11.5 Å². The molecule has 0 spiro atoms. The number of hydrogen-bond donors (Lipinski definition) is 1. The van der Waals surface area contributed by atoms with Gasteiger partial charge in [-0.3, -0.25) is 0 Å². The van der Waals surface area contributed by atoms with E-state index < -0.39 is 0 Å². The molecule has 0 heterocycles. The molecule has 0 saturated carbocycles. The minimum atomic E-state index is -0.115. The molecule has 19 heavy (non-hydrogen) atoms. The van der Waals surface area contributed by atoms with Crippen LogP contribution >= 0.6 is 34.8 Å². The van der Waals surface area contributed by atoms with E-state index in [1.807, 2.05) is 19.1 Å². The lowest BCUT2D eigenvalue weighted by Crippen LogP contribution is -1.93. The highest BCUT2D eigenvalue weighted by Crippen LogP contribution is 2.37. The summed E-state index contributed by atoms with van der Waals surface area (Å²) in [7, 11) is 0. The molecular weight excluding hydrogens is 307 g/mol. The number of halogens is 3. The zero-order chi connectivity index (χ0) is 14.0. The van der Waals surface area contributed by atoms with Gasteiger partial charge in [0.05, 0.1) is 21.7 Å². The third-order valence-corrected chi connectivity index (χ3v) is 3.60. The predicted octanol–water partition coefficient (Wildman–Crippen LogP) is 5.24. The van der Waals surface area contributed by atoms with Crippen LogP contribution in [-0.2, 0) is 6.61 Å². The fourth-order valence-corrected chi connectivity index (χ4v) is 2.21. The van der Waals surface area contributed by atoms with Crippen molar-refractivity contribution in [2.45, 2.75) is 13.5 Å². The number of ether oxygens (including phenoxy) is 1. The van der Waals surface area contributed by atoms with Gasteiger partial charge in [-0.15, -0.1) is 0 Å². The van der Waals surface area contributed by atoms with Crippen LogP contribution in [0.1, 0.15) is 11.1 Å². The third kappa shape index (κ3) is 3.34. The molecule has 2 aromatic carbocycles. The van der Waals surface area contributed by atoms with Crippen LogP contribution in [0.2, 0.25) is 15.1 Å². The minimum absolute atomic E-state index is 0.115. The van der Waals surface area contributed by atoms with Crippen molar-refractivity contribution in [1.29, 1.82) is 0 Å². The molecule has 0 aliphatic carbocycles. The molecule has 1 N–H and O–H groups in total. The Hall–Kier alpha value is -0.930. The van der Waals surface area contributed by atoms with Crippen molar-refractivity contribution in [3.05, 3.63) is 56.5 Å².